The lowest BCUT2D eigenvalue weighted by atomic mass is 10.3. The number of hydrogen-bond donors (Lipinski definition) is 0. The first-order valence-electron chi connectivity index (χ1n) is 4.20. The summed E-state index contributed by atoms with van der Waals surface area (Å²) in [6.45, 7) is 6.46. The van der Waals surface area contributed by atoms with Crippen LogP contribution < -0.4 is 0 Å². The summed E-state index contributed by atoms with van der Waals surface area (Å²) in [5.74, 6) is 0. The first-order valence-corrected chi connectivity index (χ1v) is 4.61. The minimum absolute atomic E-state index is 0.549. The van der Waals surface area contributed by atoms with Gasteiger partial charge < -0.3 is 4.90 Å². The second-order valence-corrected chi connectivity index (χ2v) is 3.43. The van der Waals surface area contributed by atoms with Crippen molar-refractivity contribution in [2.75, 3.05) is 20.1 Å². The second kappa shape index (κ2) is 3.50. The third-order valence-corrected chi connectivity index (χ3v) is 2.79. The van der Waals surface area contributed by atoms with E-state index in [4.69, 9.17) is 12.2 Å². The summed E-state index contributed by atoms with van der Waals surface area (Å²) in [7, 11) is 2.09. The van der Waals surface area contributed by atoms with Crippen LogP contribution in [0.3, 0.4) is 0 Å². The Bertz CT molecular complexity index is 158. The van der Waals surface area contributed by atoms with Crippen molar-refractivity contribution in [1.29, 1.82) is 0 Å². The Hall–Kier alpha value is -0.150. The summed E-state index contributed by atoms with van der Waals surface area (Å²) < 4.78 is 0. The van der Waals surface area contributed by atoms with E-state index < -0.39 is 0 Å². The van der Waals surface area contributed by atoms with E-state index in [1.165, 1.54) is 0 Å². The molecule has 64 valence electrons. The summed E-state index contributed by atoms with van der Waals surface area (Å²) in [6.07, 6.45) is 1.71. The summed E-state index contributed by atoms with van der Waals surface area (Å²) in [6, 6.07) is 0. The smallest absolute Gasteiger partial charge is 0.0932 e. The van der Waals surface area contributed by atoms with E-state index in [-0.39, 0.29) is 0 Å². The van der Waals surface area contributed by atoms with Gasteiger partial charge >= 0.3 is 0 Å². The van der Waals surface area contributed by atoms with Crippen LogP contribution in [0.2, 0.25) is 0 Å². The molecule has 1 heterocycles. The molecule has 0 radical (unpaired) electrons. The quantitative estimate of drug-likeness (QED) is 0.580. The number of nitrogens with zero attached hydrogens (tertiary/aromatic N) is 2. The van der Waals surface area contributed by atoms with E-state index in [2.05, 4.69) is 30.7 Å². The molecule has 1 atom stereocenters. The Morgan fingerprint density at radius 2 is 2.18 bits per heavy atom. The fraction of sp³-hybridized carbons (Fsp3) is 0.875. The molecule has 0 amide bonds. The van der Waals surface area contributed by atoms with Crippen LogP contribution in [0.25, 0.3) is 0 Å². The summed E-state index contributed by atoms with van der Waals surface area (Å²) in [4.78, 5) is 5.69. The van der Waals surface area contributed by atoms with Gasteiger partial charge in [-0.3, -0.25) is 4.90 Å². The standard InChI is InChI=1S/C8H16N2S/c1-4-7-9(3)8(11)6-10(7)5-2/h7H,4-6H2,1-3H3. The van der Waals surface area contributed by atoms with Gasteiger partial charge in [-0.2, -0.15) is 0 Å². The predicted molar refractivity (Wildman–Crippen MR) is 51.7 cm³/mol. The molecule has 0 bridgehead atoms. The van der Waals surface area contributed by atoms with Crippen molar-refractivity contribution in [3.8, 4) is 0 Å². The molecule has 0 N–H and O–H groups in total. The molecule has 2 nitrogen and oxygen atoms in total. The van der Waals surface area contributed by atoms with Gasteiger partial charge in [-0.05, 0) is 13.0 Å². The highest BCUT2D eigenvalue weighted by molar-refractivity contribution is 7.80. The minimum Gasteiger partial charge on any atom is -0.352 e. The molecule has 1 fully saturated rings. The van der Waals surface area contributed by atoms with Crippen molar-refractivity contribution < 1.29 is 0 Å². The molecule has 0 aromatic heterocycles. The predicted octanol–water partition coefficient (Wildman–Crippen LogP) is 1.32. The molecule has 3 heteroatoms. The van der Waals surface area contributed by atoms with Gasteiger partial charge in [0.25, 0.3) is 0 Å². The average Bonchev–Trinajstić information content (AvgIpc) is 2.28. The van der Waals surface area contributed by atoms with Crippen LogP contribution in [0.4, 0.5) is 0 Å². The topological polar surface area (TPSA) is 6.48 Å². The summed E-state index contributed by atoms with van der Waals surface area (Å²) >= 11 is 5.21. The van der Waals surface area contributed by atoms with Gasteiger partial charge in [-0.1, -0.05) is 26.1 Å². The van der Waals surface area contributed by atoms with Gasteiger partial charge in [0.15, 0.2) is 0 Å². The molecule has 1 saturated heterocycles. The first-order chi connectivity index (χ1) is 5.20. The zero-order valence-corrected chi connectivity index (χ0v) is 8.32. The molecule has 1 aliphatic rings. The van der Waals surface area contributed by atoms with Gasteiger partial charge in [-0.25, -0.2) is 0 Å². The zero-order chi connectivity index (χ0) is 8.43. The van der Waals surface area contributed by atoms with Gasteiger partial charge in [0.2, 0.25) is 0 Å². The van der Waals surface area contributed by atoms with Crippen molar-refractivity contribution >= 4 is 17.2 Å². The SMILES string of the molecule is CCC1N(CC)CC(=S)N1C. The summed E-state index contributed by atoms with van der Waals surface area (Å²) in [5, 5.41) is 0. The molecule has 0 aliphatic carbocycles. The van der Waals surface area contributed by atoms with Crippen LogP contribution in [0.1, 0.15) is 20.3 Å². The number of rotatable bonds is 2. The highest BCUT2D eigenvalue weighted by Gasteiger charge is 2.29. The van der Waals surface area contributed by atoms with Gasteiger partial charge in [0, 0.05) is 7.05 Å². The Kier molecular flexibility index (Phi) is 2.84. The first kappa shape index (κ1) is 8.94. The maximum Gasteiger partial charge on any atom is 0.0932 e. The lowest BCUT2D eigenvalue weighted by molar-refractivity contribution is 0.172. The average molecular weight is 172 g/mol. The molecular formula is C8H16N2S. The fourth-order valence-electron chi connectivity index (χ4n) is 1.66. The lowest BCUT2D eigenvalue weighted by Gasteiger charge is -2.25. The Balaban J connectivity index is 2.64. The normalized spacial score (nSPS) is 26.6. The van der Waals surface area contributed by atoms with Crippen molar-refractivity contribution in [3.05, 3.63) is 0 Å². The van der Waals surface area contributed by atoms with Gasteiger partial charge in [-0.15, -0.1) is 0 Å². The van der Waals surface area contributed by atoms with Crippen LogP contribution in [0.15, 0.2) is 0 Å². The number of thiocarbonyl (C=S) groups is 1. The maximum atomic E-state index is 5.21. The lowest BCUT2D eigenvalue weighted by Crippen LogP contribution is -2.36. The summed E-state index contributed by atoms with van der Waals surface area (Å²) in [5.41, 5.74) is 0. The van der Waals surface area contributed by atoms with E-state index in [1.54, 1.807) is 0 Å². The van der Waals surface area contributed by atoms with E-state index in [0.717, 1.165) is 24.5 Å². The number of hydrogen-bond acceptors (Lipinski definition) is 2. The third kappa shape index (κ3) is 1.54. The van der Waals surface area contributed by atoms with E-state index in [9.17, 15) is 0 Å². The van der Waals surface area contributed by atoms with Gasteiger partial charge in [0.05, 0.1) is 17.7 Å². The van der Waals surface area contributed by atoms with Crippen LogP contribution >= 0.6 is 12.2 Å². The molecule has 11 heavy (non-hydrogen) atoms. The molecule has 1 unspecified atom stereocenters. The molecule has 1 rings (SSSR count). The fourth-order valence-corrected chi connectivity index (χ4v) is 1.94. The Morgan fingerprint density at radius 3 is 2.55 bits per heavy atom. The molecular weight excluding hydrogens is 156 g/mol. The molecule has 0 aromatic rings. The van der Waals surface area contributed by atoms with E-state index >= 15 is 0 Å². The highest BCUT2D eigenvalue weighted by Crippen LogP contribution is 2.16. The monoisotopic (exact) mass is 172 g/mol. The van der Waals surface area contributed by atoms with E-state index in [1.807, 2.05) is 0 Å². The highest BCUT2D eigenvalue weighted by atomic mass is 32.1. The van der Waals surface area contributed by atoms with Crippen molar-refractivity contribution in [3.63, 3.8) is 0 Å². The third-order valence-electron chi connectivity index (χ3n) is 2.37. The minimum atomic E-state index is 0.549. The van der Waals surface area contributed by atoms with Crippen LogP contribution in [-0.4, -0.2) is 41.1 Å². The molecule has 0 spiro atoms. The Morgan fingerprint density at radius 1 is 1.55 bits per heavy atom. The molecule has 1 aliphatic heterocycles. The van der Waals surface area contributed by atoms with Gasteiger partial charge in [0.1, 0.15) is 0 Å². The van der Waals surface area contributed by atoms with Crippen molar-refractivity contribution in [2.45, 2.75) is 26.4 Å². The van der Waals surface area contributed by atoms with Crippen molar-refractivity contribution in [1.82, 2.24) is 9.80 Å². The largest absolute Gasteiger partial charge is 0.352 e. The van der Waals surface area contributed by atoms with Crippen LogP contribution in [0.5, 0.6) is 0 Å². The van der Waals surface area contributed by atoms with E-state index in [0.29, 0.717) is 6.17 Å². The maximum absolute atomic E-state index is 5.21. The van der Waals surface area contributed by atoms with Crippen molar-refractivity contribution in [2.24, 2.45) is 0 Å². The van der Waals surface area contributed by atoms with Crippen LogP contribution in [-0.2, 0) is 0 Å². The Labute approximate surface area is 74.2 Å². The second-order valence-electron chi connectivity index (χ2n) is 2.96. The molecule has 0 saturated carbocycles. The number of likely N-dealkylation sites (N-methyl/N-ethyl adjacent to an activating group) is 2. The van der Waals surface area contributed by atoms with Crippen LogP contribution in [0, 0.1) is 0 Å². The molecule has 0 aromatic carbocycles. The zero-order valence-electron chi connectivity index (χ0n) is 7.50.